The van der Waals surface area contributed by atoms with Crippen LogP contribution in [0.1, 0.15) is 22.7 Å². The highest BCUT2D eigenvalue weighted by molar-refractivity contribution is 5.99. The summed E-state index contributed by atoms with van der Waals surface area (Å²) in [6.07, 6.45) is 3.36. The number of oxazole rings is 1. The molecule has 3 aromatic rings. The van der Waals surface area contributed by atoms with E-state index in [0.29, 0.717) is 41.4 Å². The molecule has 1 aliphatic rings. The molecule has 0 amide bonds. The summed E-state index contributed by atoms with van der Waals surface area (Å²) in [6, 6.07) is 12.2. The summed E-state index contributed by atoms with van der Waals surface area (Å²) >= 11 is 0. The Hall–Kier alpha value is -3.61. The largest absolute Gasteiger partial charge is 0.490 e. The summed E-state index contributed by atoms with van der Waals surface area (Å²) in [6.45, 7) is 0.723. The Labute approximate surface area is 160 Å². The summed E-state index contributed by atoms with van der Waals surface area (Å²) < 4.78 is 21.6. The van der Waals surface area contributed by atoms with E-state index in [-0.39, 0.29) is 18.3 Å². The van der Waals surface area contributed by atoms with Crippen LogP contribution in [0.3, 0.4) is 0 Å². The number of fused-ring (bicyclic) bond motifs is 2. The molecule has 0 aliphatic carbocycles. The minimum absolute atomic E-state index is 0.285. The van der Waals surface area contributed by atoms with Crippen molar-refractivity contribution in [3.05, 3.63) is 60.0 Å². The molecule has 0 N–H and O–H groups in total. The molecule has 1 aromatic heterocycles. The molecule has 2 heterocycles. The van der Waals surface area contributed by atoms with E-state index in [1.54, 1.807) is 24.3 Å². The van der Waals surface area contributed by atoms with Gasteiger partial charge in [-0.1, -0.05) is 12.1 Å². The molecule has 0 saturated carbocycles. The number of carbonyl (C=O) groups is 2. The van der Waals surface area contributed by atoms with Crippen LogP contribution in [0, 0.1) is 0 Å². The molecular weight excluding hydrogens is 362 g/mol. The monoisotopic (exact) mass is 379 g/mol. The van der Waals surface area contributed by atoms with Gasteiger partial charge in [0.15, 0.2) is 29.5 Å². The summed E-state index contributed by atoms with van der Waals surface area (Å²) in [5.41, 5.74) is 1.71. The van der Waals surface area contributed by atoms with E-state index in [9.17, 15) is 9.59 Å². The molecule has 0 bridgehead atoms. The highest BCUT2D eigenvalue weighted by atomic mass is 16.5. The van der Waals surface area contributed by atoms with Crippen LogP contribution in [0.15, 0.2) is 53.0 Å². The van der Waals surface area contributed by atoms with Gasteiger partial charge in [0.1, 0.15) is 5.52 Å². The van der Waals surface area contributed by atoms with Gasteiger partial charge in [-0.15, -0.1) is 0 Å². The first-order valence-corrected chi connectivity index (χ1v) is 8.82. The number of ketones is 1. The lowest BCUT2D eigenvalue weighted by Crippen LogP contribution is -2.12. The van der Waals surface area contributed by atoms with E-state index in [2.05, 4.69) is 4.98 Å². The predicted octanol–water partition coefficient (Wildman–Crippen LogP) is 3.43. The maximum absolute atomic E-state index is 12.3. The van der Waals surface area contributed by atoms with Crippen molar-refractivity contribution >= 4 is 28.9 Å². The summed E-state index contributed by atoms with van der Waals surface area (Å²) in [4.78, 5) is 28.4. The highest BCUT2D eigenvalue weighted by Gasteiger charge is 2.15. The fraction of sp³-hybridized carbons (Fsp3) is 0.190. The summed E-state index contributed by atoms with van der Waals surface area (Å²) in [5.74, 6) is 0.412. The zero-order chi connectivity index (χ0) is 19.3. The van der Waals surface area contributed by atoms with Crippen LogP contribution < -0.4 is 9.47 Å². The van der Waals surface area contributed by atoms with E-state index >= 15 is 0 Å². The molecule has 0 unspecified atom stereocenters. The first-order valence-electron chi connectivity index (χ1n) is 8.82. The normalized spacial score (nSPS) is 13.4. The average Bonchev–Trinajstić information content (AvgIpc) is 2.99. The number of rotatable bonds is 5. The van der Waals surface area contributed by atoms with E-state index in [4.69, 9.17) is 18.6 Å². The van der Waals surface area contributed by atoms with Crippen LogP contribution >= 0.6 is 0 Å². The number of carbonyl (C=O) groups excluding carboxylic acids is 2. The molecule has 142 valence electrons. The van der Waals surface area contributed by atoms with Crippen molar-refractivity contribution in [3.63, 3.8) is 0 Å². The first kappa shape index (κ1) is 17.8. The van der Waals surface area contributed by atoms with Crippen LogP contribution in [0.25, 0.3) is 17.2 Å². The number of hydrogen-bond acceptors (Lipinski definition) is 7. The molecule has 0 atom stereocenters. The molecule has 0 spiro atoms. The fourth-order valence-corrected chi connectivity index (χ4v) is 2.71. The van der Waals surface area contributed by atoms with Gasteiger partial charge >= 0.3 is 5.97 Å². The topological polar surface area (TPSA) is 87.9 Å². The van der Waals surface area contributed by atoms with Crippen LogP contribution in [0.5, 0.6) is 11.5 Å². The Morgan fingerprint density at radius 3 is 2.75 bits per heavy atom. The third-order valence-corrected chi connectivity index (χ3v) is 4.09. The summed E-state index contributed by atoms with van der Waals surface area (Å²) in [5, 5.41) is 0. The predicted molar refractivity (Wildman–Crippen MR) is 100 cm³/mol. The van der Waals surface area contributed by atoms with Gasteiger partial charge in [-0.3, -0.25) is 4.79 Å². The van der Waals surface area contributed by atoms with Crippen molar-refractivity contribution in [3.8, 4) is 11.5 Å². The zero-order valence-electron chi connectivity index (χ0n) is 14.9. The zero-order valence-corrected chi connectivity index (χ0v) is 14.9. The lowest BCUT2D eigenvalue weighted by Gasteiger charge is -2.08. The second-order valence-corrected chi connectivity index (χ2v) is 6.10. The van der Waals surface area contributed by atoms with Gasteiger partial charge in [0.2, 0.25) is 5.89 Å². The molecule has 0 fully saturated rings. The Kier molecular flexibility index (Phi) is 5.05. The van der Waals surface area contributed by atoms with E-state index in [0.717, 1.165) is 6.42 Å². The van der Waals surface area contributed by atoms with Crippen molar-refractivity contribution < 1.29 is 28.2 Å². The second kappa shape index (κ2) is 7.96. The molecule has 4 rings (SSSR count). The maximum atomic E-state index is 12.3. The fourth-order valence-electron chi connectivity index (χ4n) is 2.71. The first-order chi connectivity index (χ1) is 13.7. The van der Waals surface area contributed by atoms with Gasteiger partial charge in [0, 0.05) is 24.1 Å². The standard InChI is InChI=1S/C21H17NO6/c23-16(14-6-7-18-19(12-14)26-11-3-10-25-18)13-27-21(24)9-8-20-22-15-4-1-2-5-17(15)28-20/h1-2,4-9,12H,3,10-11,13H2/b9-8+. The molecule has 0 saturated heterocycles. The van der Waals surface area contributed by atoms with Crippen LogP contribution in [0.4, 0.5) is 0 Å². The average molecular weight is 379 g/mol. The maximum Gasteiger partial charge on any atom is 0.331 e. The molecule has 28 heavy (non-hydrogen) atoms. The van der Waals surface area contributed by atoms with Gasteiger partial charge in [-0.2, -0.15) is 0 Å². The van der Waals surface area contributed by atoms with Gasteiger partial charge < -0.3 is 18.6 Å². The molecular formula is C21H17NO6. The number of para-hydroxylation sites is 2. The Bertz CT molecular complexity index is 1020. The van der Waals surface area contributed by atoms with Gasteiger partial charge in [0.05, 0.1) is 13.2 Å². The number of benzene rings is 2. The third kappa shape index (κ3) is 4.03. The molecule has 0 radical (unpaired) electrons. The van der Waals surface area contributed by atoms with Gasteiger partial charge in [0.25, 0.3) is 0 Å². The van der Waals surface area contributed by atoms with Gasteiger partial charge in [-0.25, -0.2) is 9.78 Å². The van der Waals surface area contributed by atoms with Crippen molar-refractivity contribution in [2.75, 3.05) is 19.8 Å². The molecule has 2 aromatic carbocycles. The van der Waals surface area contributed by atoms with E-state index < -0.39 is 5.97 Å². The van der Waals surface area contributed by atoms with E-state index in [1.165, 1.54) is 12.2 Å². The smallest absolute Gasteiger partial charge is 0.331 e. The summed E-state index contributed by atoms with van der Waals surface area (Å²) in [7, 11) is 0. The highest BCUT2D eigenvalue weighted by Crippen LogP contribution is 2.30. The van der Waals surface area contributed by atoms with Crippen LogP contribution in [0.2, 0.25) is 0 Å². The van der Waals surface area contributed by atoms with Crippen molar-refractivity contribution in [1.82, 2.24) is 4.98 Å². The molecule has 7 nitrogen and oxygen atoms in total. The van der Waals surface area contributed by atoms with Crippen molar-refractivity contribution in [2.24, 2.45) is 0 Å². The van der Waals surface area contributed by atoms with Crippen LogP contribution in [-0.2, 0) is 9.53 Å². The lowest BCUT2D eigenvalue weighted by atomic mass is 10.1. The minimum Gasteiger partial charge on any atom is -0.490 e. The van der Waals surface area contributed by atoms with Crippen LogP contribution in [-0.4, -0.2) is 36.6 Å². The Balaban J connectivity index is 1.35. The number of esters is 1. The van der Waals surface area contributed by atoms with E-state index in [1.807, 2.05) is 18.2 Å². The Morgan fingerprint density at radius 1 is 1.07 bits per heavy atom. The number of Topliss-reactive ketones (excluding diaryl/α,β-unsaturated/α-hetero) is 1. The quantitative estimate of drug-likeness (QED) is 0.381. The van der Waals surface area contributed by atoms with Gasteiger partial charge in [-0.05, 0) is 30.3 Å². The lowest BCUT2D eigenvalue weighted by molar-refractivity contribution is -0.136. The van der Waals surface area contributed by atoms with Crippen molar-refractivity contribution in [2.45, 2.75) is 6.42 Å². The minimum atomic E-state index is -0.662. The number of aromatic nitrogens is 1. The molecule has 1 aliphatic heterocycles. The number of hydrogen-bond donors (Lipinski definition) is 0. The van der Waals surface area contributed by atoms with Crippen molar-refractivity contribution in [1.29, 1.82) is 0 Å². The second-order valence-electron chi connectivity index (χ2n) is 6.10. The number of nitrogens with zero attached hydrogens (tertiary/aromatic N) is 1. The Morgan fingerprint density at radius 2 is 1.89 bits per heavy atom. The third-order valence-electron chi connectivity index (χ3n) is 4.09. The SMILES string of the molecule is O=C(/C=C/c1nc2ccccc2o1)OCC(=O)c1ccc2c(c1)OCCCO2. The number of ether oxygens (including phenoxy) is 3. The molecule has 7 heteroatoms.